The molecule has 1 unspecified atom stereocenters. The molecule has 0 amide bonds. The molecule has 0 saturated heterocycles. The van der Waals surface area contributed by atoms with Crippen LogP contribution in [0, 0.1) is 12.4 Å². The first-order chi connectivity index (χ1) is 14.6. The first kappa shape index (κ1) is 18.4. The maximum Gasteiger partial charge on any atom is 0.284 e. The summed E-state index contributed by atoms with van der Waals surface area (Å²) >= 11 is 6.34. The Hall–Kier alpha value is -3.63. The lowest BCUT2D eigenvalue weighted by atomic mass is 10.1. The highest BCUT2D eigenvalue weighted by molar-refractivity contribution is 6.31. The number of nitrogens with one attached hydrogen (secondary N) is 1. The van der Waals surface area contributed by atoms with Crippen LogP contribution < -0.4 is 19.4 Å². The molecular weight excluding hydrogens is 407 g/mol. The fraction of sp³-hybridized carbons (Fsp3) is 0.136. The molecule has 1 N–H and O–H groups in total. The van der Waals surface area contributed by atoms with Crippen LogP contribution in [0.25, 0.3) is 4.85 Å². The smallest absolute Gasteiger partial charge is 0.284 e. The first-order valence-electron chi connectivity index (χ1n) is 9.26. The number of nitrogens with zero attached hydrogens (tertiary/aromatic N) is 3. The number of hydrogen-bond acceptors (Lipinski definition) is 4. The van der Waals surface area contributed by atoms with Gasteiger partial charge in [-0.1, -0.05) is 17.7 Å². The molecule has 30 heavy (non-hydrogen) atoms. The summed E-state index contributed by atoms with van der Waals surface area (Å²) in [6, 6.07) is 12.8. The standard InChI is InChI=1S/C22H14ClFN4O2/c1-25-14-6-8-19-27-21(20-15(23)3-2-4-16(20)24)22(28(19)12-14)26-13-5-7-17-18(11-13)30-10-9-29-17/h2-8,11-12,21H,9-10H2/p+1. The quantitative estimate of drug-likeness (QED) is 0.476. The molecule has 0 saturated carbocycles. The number of ether oxygens (including phenoxy) is 2. The molecule has 8 heteroatoms. The molecule has 0 radical (unpaired) electrons. The minimum atomic E-state index is -0.632. The molecule has 5 rings (SSSR count). The number of anilines is 1. The summed E-state index contributed by atoms with van der Waals surface area (Å²) in [5.74, 6) is 2.01. The van der Waals surface area contributed by atoms with Gasteiger partial charge in [0, 0.05) is 12.1 Å². The van der Waals surface area contributed by atoms with Crippen LogP contribution in [-0.4, -0.2) is 19.0 Å². The van der Waals surface area contributed by atoms with Crippen molar-refractivity contribution in [2.24, 2.45) is 4.99 Å². The third kappa shape index (κ3) is 3.11. The SMILES string of the molecule is [C-]#[N+]c1ccc2[n+](c1)C(=Nc1ccc3c(c1)OCCO3)C(c1c(F)cccc1Cl)N2. The average Bonchev–Trinajstić information content (AvgIpc) is 3.10. The monoisotopic (exact) mass is 421 g/mol. The van der Waals surface area contributed by atoms with E-state index >= 15 is 0 Å². The minimum absolute atomic E-state index is 0.293. The first-order valence-corrected chi connectivity index (χ1v) is 9.64. The van der Waals surface area contributed by atoms with E-state index in [2.05, 4.69) is 10.2 Å². The lowest BCUT2D eigenvalue weighted by molar-refractivity contribution is -0.534. The van der Waals surface area contributed by atoms with E-state index in [0.29, 0.717) is 58.3 Å². The number of fused-ring (bicyclic) bond motifs is 2. The number of aromatic nitrogens is 1. The van der Waals surface area contributed by atoms with Crippen molar-refractivity contribution in [2.45, 2.75) is 6.04 Å². The third-order valence-electron chi connectivity index (χ3n) is 4.92. The minimum Gasteiger partial charge on any atom is -0.486 e. The highest BCUT2D eigenvalue weighted by Gasteiger charge is 2.39. The van der Waals surface area contributed by atoms with E-state index < -0.39 is 11.9 Å². The van der Waals surface area contributed by atoms with E-state index in [1.54, 1.807) is 53.2 Å². The largest absolute Gasteiger partial charge is 0.486 e. The molecule has 148 valence electrons. The molecule has 3 heterocycles. The maximum atomic E-state index is 14.7. The molecule has 0 fully saturated rings. The Labute approximate surface area is 177 Å². The summed E-state index contributed by atoms with van der Waals surface area (Å²) in [5.41, 5.74) is 1.35. The second-order valence-corrected chi connectivity index (χ2v) is 7.17. The number of halogens is 2. The van der Waals surface area contributed by atoms with E-state index in [0.717, 1.165) is 0 Å². The van der Waals surface area contributed by atoms with Gasteiger partial charge in [-0.3, -0.25) is 5.32 Å². The van der Waals surface area contributed by atoms with Gasteiger partial charge < -0.3 is 9.47 Å². The molecule has 1 aromatic heterocycles. The molecule has 2 aromatic carbocycles. The molecule has 0 bridgehead atoms. The van der Waals surface area contributed by atoms with Gasteiger partial charge in [-0.05, 0) is 30.3 Å². The molecule has 2 aliphatic rings. The van der Waals surface area contributed by atoms with Crippen LogP contribution in [0.1, 0.15) is 11.6 Å². The van der Waals surface area contributed by atoms with Crippen LogP contribution in [0.4, 0.5) is 21.6 Å². The van der Waals surface area contributed by atoms with E-state index in [1.807, 2.05) is 0 Å². The fourth-order valence-corrected chi connectivity index (χ4v) is 3.83. The van der Waals surface area contributed by atoms with E-state index in [1.165, 1.54) is 6.07 Å². The highest BCUT2D eigenvalue weighted by Crippen LogP contribution is 2.36. The number of aliphatic imine (C=N–C) groups is 1. The van der Waals surface area contributed by atoms with Gasteiger partial charge in [0.2, 0.25) is 11.5 Å². The lowest BCUT2D eigenvalue weighted by Crippen LogP contribution is -2.40. The summed E-state index contributed by atoms with van der Waals surface area (Å²) in [7, 11) is 0. The normalized spacial score (nSPS) is 17.9. The Morgan fingerprint density at radius 1 is 1.13 bits per heavy atom. The Kier molecular flexibility index (Phi) is 4.49. The number of hydrogen-bond donors (Lipinski definition) is 1. The van der Waals surface area contributed by atoms with Crippen LogP contribution >= 0.6 is 11.6 Å². The second-order valence-electron chi connectivity index (χ2n) is 6.76. The molecular formula is C22H15ClFN4O2+. The van der Waals surface area contributed by atoms with Gasteiger partial charge in [-0.2, -0.15) is 0 Å². The molecule has 2 aliphatic heterocycles. The van der Waals surface area contributed by atoms with Gasteiger partial charge in [0.25, 0.3) is 5.84 Å². The molecule has 0 spiro atoms. The fourth-order valence-electron chi connectivity index (χ4n) is 3.55. The second kappa shape index (κ2) is 7.32. The van der Waals surface area contributed by atoms with Crippen molar-refractivity contribution in [3.05, 3.63) is 82.5 Å². The number of benzene rings is 2. The predicted molar refractivity (Wildman–Crippen MR) is 111 cm³/mol. The van der Waals surface area contributed by atoms with Crippen molar-refractivity contribution in [1.29, 1.82) is 0 Å². The molecule has 0 aliphatic carbocycles. The van der Waals surface area contributed by atoms with Crippen molar-refractivity contribution < 1.29 is 18.4 Å². The summed E-state index contributed by atoms with van der Waals surface area (Å²) in [5, 5.41) is 3.56. The lowest BCUT2D eigenvalue weighted by Gasteiger charge is -2.17. The van der Waals surface area contributed by atoms with Crippen molar-refractivity contribution in [2.75, 3.05) is 18.5 Å². The molecule has 6 nitrogen and oxygen atoms in total. The molecule has 3 aromatic rings. The van der Waals surface area contributed by atoms with Crippen LogP contribution in [0.5, 0.6) is 11.5 Å². The van der Waals surface area contributed by atoms with Gasteiger partial charge >= 0.3 is 0 Å². The summed E-state index contributed by atoms with van der Waals surface area (Å²) < 4.78 is 27.7. The number of rotatable bonds is 2. The Morgan fingerprint density at radius 2 is 1.97 bits per heavy atom. The number of pyridine rings is 1. The zero-order valence-corrected chi connectivity index (χ0v) is 16.4. The van der Waals surface area contributed by atoms with Crippen LogP contribution in [-0.2, 0) is 0 Å². The van der Waals surface area contributed by atoms with Gasteiger partial charge in [0.15, 0.2) is 17.5 Å². The summed E-state index contributed by atoms with van der Waals surface area (Å²) in [6.45, 7) is 8.29. The van der Waals surface area contributed by atoms with Crippen LogP contribution in [0.2, 0.25) is 5.02 Å². The maximum absolute atomic E-state index is 14.7. The topological polar surface area (TPSA) is 51.1 Å². The van der Waals surface area contributed by atoms with E-state index in [9.17, 15) is 4.39 Å². The summed E-state index contributed by atoms with van der Waals surface area (Å²) in [4.78, 5) is 8.27. The zero-order chi connectivity index (χ0) is 20.7. The van der Waals surface area contributed by atoms with Crippen molar-refractivity contribution in [3.63, 3.8) is 0 Å². The Bertz CT molecular complexity index is 1220. The molecule has 1 atom stereocenters. The van der Waals surface area contributed by atoms with E-state index in [-0.39, 0.29) is 0 Å². The zero-order valence-electron chi connectivity index (χ0n) is 15.6. The summed E-state index contributed by atoms with van der Waals surface area (Å²) in [6.07, 6.45) is 1.67. The van der Waals surface area contributed by atoms with Crippen molar-refractivity contribution in [3.8, 4) is 11.5 Å². The van der Waals surface area contributed by atoms with Gasteiger partial charge in [-0.25, -0.2) is 13.8 Å². The van der Waals surface area contributed by atoms with Crippen LogP contribution in [0.15, 0.2) is 59.7 Å². The van der Waals surface area contributed by atoms with Gasteiger partial charge in [-0.15, -0.1) is 4.99 Å². The highest BCUT2D eigenvalue weighted by atomic mass is 35.5. The Morgan fingerprint density at radius 3 is 2.77 bits per heavy atom. The Balaban J connectivity index is 1.67. The van der Waals surface area contributed by atoms with Crippen molar-refractivity contribution in [1.82, 2.24) is 0 Å². The van der Waals surface area contributed by atoms with E-state index in [4.69, 9.17) is 32.6 Å². The van der Waals surface area contributed by atoms with Gasteiger partial charge in [0.05, 0.1) is 23.4 Å². The average molecular weight is 422 g/mol. The predicted octanol–water partition coefficient (Wildman–Crippen LogP) is 4.83. The van der Waals surface area contributed by atoms with Crippen LogP contribution in [0.3, 0.4) is 0 Å². The van der Waals surface area contributed by atoms with Gasteiger partial charge in [0.1, 0.15) is 24.7 Å². The van der Waals surface area contributed by atoms with Crippen molar-refractivity contribution >= 4 is 34.6 Å². The third-order valence-corrected chi connectivity index (χ3v) is 5.25.